The molecule has 6 heterocycles. The average molecular weight is 1480 g/mol. The third-order valence-electron chi connectivity index (χ3n) is 16.5. The van der Waals surface area contributed by atoms with Crippen LogP contribution in [0.4, 0.5) is 4.39 Å². The first-order valence-corrected chi connectivity index (χ1v) is 34.3. The van der Waals surface area contributed by atoms with Gasteiger partial charge in [-0.15, -0.1) is 0 Å². The summed E-state index contributed by atoms with van der Waals surface area (Å²) < 4.78 is 71.3. The topological polar surface area (TPSA) is 282 Å². The Kier molecular flexibility index (Phi) is 24.1. The van der Waals surface area contributed by atoms with Crippen molar-refractivity contribution in [3.05, 3.63) is 253 Å². The number of ether oxygens (including phenoxy) is 7. The summed E-state index contributed by atoms with van der Waals surface area (Å²) >= 11 is 8.88. The van der Waals surface area contributed by atoms with Crippen molar-refractivity contribution in [2.45, 2.75) is 89.0 Å². The van der Waals surface area contributed by atoms with Gasteiger partial charge in [-0.25, -0.2) is 18.8 Å². The van der Waals surface area contributed by atoms with Crippen molar-refractivity contribution in [3.8, 4) is 57.5 Å². The molecule has 0 aliphatic rings. The van der Waals surface area contributed by atoms with Crippen molar-refractivity contribution in [1.82, 2.24) is 13.7 Å². The molecule has 12 rings (SSSR count). The Balaban J connectivity index is 0.000000166. The standard InChI is InChI=1S/C26H25NO7S.C25H22ClNO6S.C25H22FNO6S/c1-15-13-21-22(23(28)24(26(30)34-21)35-18-8-6-17(31-2)7-9-18)25(29)27(15)12-11-16-5-10-19(32-3)20(14-16)33-4;2*1-14-11-20-21(22(28)23(25(30)33-20)34-17-6-4-5-16(26)13-17)24(29)27(14)10-9-15-7-8-18(31-2)19(12-15)32-3/h5-10,13-14,28H,11-12H2,1-4H3;2*4-8,11-13,28H,9-10H2,1-3H3. The molecule has 0 unspecified atom stereocenters. The van der Waals surface area contributed by atoms with Gasteiger partial charge in [0.1, 0.15) is 59.2 Å². The number of aromatic nitrogens is 3. The fraction of sp³-hybridized carbons (Fsp3) is 0.211. The number of fused-ring (bicyclic) bond motifs is 3. The predicted octanol–water partition coefficient (Wildman–Crippen LogP) is 13.9. The number of halogens is 2. The molecule has 0 bridgehead atoms. The van der Waals surface area contributed by atoms with Gasteiger partial charge in [0, 0.05) is 74.6 Å². The van der Waals surface area contributed by atoms with Crippen molar-refractivity contribution in [3.63, 3.8) is 0 Å². The van der Waals surface area contributed by atoms with Crippen LogP contribution in [0.5, 0.6) is 57.5 Å². The largest absolute Gasteiger partial charge is 0.505 e. The van der Waals surface area contributed by atoms with Gasteiger partial charge >= 0.3 is 16.9 Å². The molecule has 0 aliphatic carbocycles. The van der Waals surface area contributed by atoms with Gasteiger partial charge in [-0.3, -0.25) is 14.4 Å². The van der Waals surface area contributed by atoms with Gasteiger partial charge < -0.3 is 75.4 Å². The van der Waals surface area contributed by atoms with Crippen LogP contribution in [0.1, 0.15) is 33.8 Å². The van der Waals surface area contributed by atoms with Crippen LogP contribution in [0.3, 0.4) is 0 Å². The van der Waals surface area contributed by atoms with Gasteiger partial charge in [-0.1, -0.05) is 77.2 Å². The molecular formula is C76H69ClFN3O19S3. The van der Waals surface area contributed by atoms with Crippen LogP contribution in [0.15, 0.2) is 217 Å². The van der Waals surface area contributed by atoms with E-state index in [0.29, 0.717) is 116 Å². The van der Waals surface area contributed by atoms with Crippen LogP contribution in [-0.2, 0) is 38.9 Å². The highest BCUT2D eigenvalue weighted by atomic mass is 35.5. The van der Waals surface area contributed by atoms with E-state index in [1.54, 1.807) is 159 Å². The monoisotopic (exact) mass is 1480 g/mol. The highest BCUT2D eigenvalue weighted by Gasteiger charge is 2.25. The molecule has 3 N–H and O–H groups in total. The first-order valence-electron chi connectivity index (χ1n) is 31.5. The van der Waals surface area contributed by atoms with E-state index in [4.69, 9.17) is 58.0 Å². The molecule has 0 fully saturated rings. The number of methoxy groups -OCH3 is 7. The highest BCUT2D eigenvalue weighted by Crippen LogP contribution is 2.40. The zero-order valence-corrected chi connectivity index (χ0v) is 60.5. The van der Waals surface area contributed by atoms with E-state index >= 15 is 0 Å². The van der Waals surface area contributed by atoms with Gasteiger partial charge in [0.2, 0.25) is 0 Å². The maximum absolute atomic E-state index is 13.6. The summed E-state index contributed by atoms with van der Waals surface area (Å²) in [7, 11) is 10.9. The smallest absolute Gasteiger partial charge is 0.354 e. The number of benzene rings is 6. The van der Waals surface area contributed by atoms with Crippen molar-refractivity contribution >= 4 is 79.8 Å². The Hall–Kier alpha value is -10.9. The summed E-state index contributed by atoms with van der Waals surface area (Å²) in [6.45, 7) is 6.26. The molecule has 0 aliphatic heterocycles. The zero-order chi connectivity index (χ0) is 73.9. The molecule has 27 heteroatoms. The molecule has 0 spiro atoms. The average Bonchev–Trinajstić information content (AvgIpc) is 0.772. The molecule has 0 amide bonds. The molecular weight excluding hydrogens is 1410 g/mol. The molecule has 0 saturated carbocycles. The van der Waals surface area contributed by atoms with Crippen LogP contribution in [0, 0.1) is 26.6 Å². The van der Waals surface area contributed by atoms with Crippen LogP contribution < -0.4 is 66.7 Å². The maximum Gasteiger partial charge on any atom is 0.354 e. The lowest BCUT2D eigenvalue weighted by molar-refractivity contribution is 0.354. The van der Waals surface area contributed by atoms with E-state index in [1.807, 2.05) is 48.5 Å². The molecule has 534 valence electrons. The summed E-state index contributed by atoms with van der Waals surface area (Å²) in [5, 5.41) is 33.0. The second kappa shape index (κ2) is 33.2. The molecule has 22 nitrogen and oxygen atoms in total. The number of pyridine rings is 3. The Morgan fingerprint density at radius 3 is 1.04 bits per heavy atom. The number of rotatable bonds is 22. The molecule has 0 radical (unpaired) electrons. The van der Waals surface area contributed by atoms with Crippen molar-refractivity contribution in [2.24, 2.45) is 0 Å². The maximum atomic E-state index is 13.6. The number of hydrogen-bond donors (Lipinski definition) is 3. The lowest BCUT2D eigenvalue weighted by Gasteiger charge is -2.14. The van der Waals surface area contributed by atoms with E-state index in [-0.39, 0.29) is 53.3 Å². The number of aromatic hydroxyl groups is 3. The van der Waals surface area contributed by atoms with Gasteiger partial charge in [0.25, 0.3) is 16.7 Å². The first-order chi connectivity index (χ1) is 49.5. The number of nitrogens with zero attached hydrogens (tertiary/aromatic N) is 3. The summed E-state index contributed by atoms with van der Waals surface area (Å²) in [4.78, 5) is 79.1. The molecule has 0 saturated heterocycles. The molecule has 103 heavy (non-hydrogen) atoms. The lowest BCUT2D eigenvalue weighted by atomic mass is 10.1. The predicted molar refractivity (Wildman–Crippen MR) is 392 cm³/mol. The van der Waals surface area contributed by atoms with Gasteiger partial charge in [0.05, 0.1) is 49.8 Å². The Morgan fingerprint density at radius 1 is 0.388 bits per heavy atom. The van der Waals surface area contributed by atoms with E-state index in [9.17, 15) is 48.5 Å². The quantitative estimate of drug-likeness (QED) is 0.0568. The van der Waals surface area contributed by atoms with E-state index < -0.39 is 50.9 Å². The second-order valence-corrected chi connectivity index (χ2v) is 26.5. The van der Waals surface area contributed by atoms with Crippen LogP contribution in [0.25, 0.3) is 32.9 Å². The van der Waals surface area contributed by atoms with E-state index in [0.717, 1.165) is 52.0 Å². The Labute approximate surface area is 604 Å². The van der Waals surface area contributed by atoms with Crippen molar-refractivity contribution in [2.75, 3.05) is 49.8 Å². The SMILES string of the molecule is COc1ccc(CCn2c(C)cc3oc(=O)c(Sc4cccc(Cl)c4)c(O)c3c2=O)cc1OC.COc1ccc(CCn2c(C)cc3oc(=O)c(Sc4cccc(F)c4)c(O)c3c2=O)cc1OC.COc1ccc(Sc2c(O)c3c(=O)n(CCc4ccc(OC)c(OC)c4)c(C)cc3oc2=O)cc1. The highest BCUT2D eigenvalue weighted by molar-refractivity contribution is 8.00. The summed E-state index contributed by atoms with van der Waals surface area (Å²) in [5.74, 6) is 2.55. The normalized spacial score (nSPS) is 11.0. The summed E-state index contributed by atoms with van der Waals surface area (Å²) in [5.41, 5.74) is 1.11. The van der Waals surface area contributed by atoms with Gasteiger partial charge in [-0.05, 0) is 154 Å². The second-order valence-electron chi connectivity index (χ2n) is 22.9. The fourth-order valence-corrected chi connectivity index (χ4v) is 14.0. The third kappa shape index (κ3) is 16.9. The summed E-state index contributed by atoms with van der Waals surface area (Å²) in [6, 6.07) is 40.8. The fourth-order valence-electron chi connectivity index (χ4n) is 11.2. The Morgan fingerprint density at radius 2 is 0.718 bits per heavy atom. The van der Waals surface area contributed by atoms with Crippen LogP contribution >= 0.6 is 46.9 Å². The Bertz CT molecular complexity index is 5330. The van der Waals surface area contributed by atoms with Gasteiger partial charge in [0.15, 0.2) is 51.7 Å². The van der Waals surface area contributed by atoms with Crippen LogP contribution in [0.2, 0.25) is 5.02 Å². The first kappa shape index (κ1) is 74.8. The van der Waals surface area contributed by atoms with Crippen LogP contribution in [-0.4, -0.2) is 78.8 Å². The van der Waals surface area contributed by atoms with Gasteiger partial charge in [-0.2, -0.15) is 0 Å². The summed E-state index contributed by atoms with van der Waals surface area (Å²) in [6.07, 6.45) is 1.58. The lowest BCUT2D eigenvalue weighted by Crippen LogP contribution is -2.24. The molecule has 0 atom stereocenters. The van der Waals surface area contributed by atoms with Crippen molar-refractivity contribution in [1.29, 1.82) is 0 Å². The zero-order valence-electron chi connectivity index (χ0n) is 57.3. The minimum absolute atomic E-state index is 0.00374. The number of aryl methyl sites for hydroxylation is 6. The molecule has 12 aromatic rings. The molecule has 6 aromatic heterocycles. The molecule has 6 aromatic carbocycles. The van der Waals surface area contributed by atoms with E-state index in [2.05, 4.69) is 0 Å². The minimum Gasteiger partial charge on any atom is -0.505 e. The minimum atomic E-state index is -0.805. The third-order valence-corrected chi connectivity index (χ3v) is 19.9. The van der Waals surface area contributed by atoms with Crippen molar-refractivity contribution < 1.29 is 66.1 Å². The van der Waals surface area contributed by atoms with E-state index in [1.165, 1.54) is 22.8 Å². The number of hydrogen-bond acceptors (Lipinski definition) is 22.